The van der Waals surface area contributed by atoms with Crippen LogP contribution in [0.15, 0.2) is 23.8 Å². The van der Waals surface area contributed by atoms with Crippen LogP contribution in [0.2, 0.25) is 0 Å². The zero-order chi connectivity index (χ0) is 23.6. The van der Waals surface area contributed by atoms with E-state index in [1.165, 1.54) is 5.57 Å². The van der Waals surface area contributed by atoms with Gasteiger partial charge in [-0.2, -0.15) is 0 Å². The molecule has 0 spiro atoms. The Balaban J connectivity index is 2.17. The van der Waals surface area contributed by atoms with E-state index in [0.717, 1.165) is 19.3 Å². The second kappa shape index (κ2) is 12.9. The molecule has 0 aliphatic heterocycles. The summed E-state index contributed by atoms with van der Waals surface area (Å²) in [4.78, 5) is 10.8. The first kappa shape index (κ1) is 26.2. The minimum absolute atomic E-state index is 0.0218. The van der Waals surface area contributed by atoms with Crippen molar-refractivity contribution in [3.05, 3.63) is 23.8 Å². The van der Waals surface area contributed by atoms with Gasteiger partial charge in [-0.1, -0.05) is 36.6 Å². The van der Waals surface area contributed by atoms with E-state index < -0.39 is 18.2 Å². The average molecular weight is 443 g/mol. The zero-order valence-electron chi connectivity index (χ0n) is 19.4. The van der Waals surface area contributed by atoms with Crippen molar-refractivity contribution < 1.29 is 25.2 Å². The van der Waals surface area contributed by atoms with Crippen LogP contribution in [0.5, 0.6) is 0 Å². The smallest absolute Gasteiger partial charge is 0.303 e. The summed E-state index contributed by atoms with van der Waals surface area (Å²) in [5.41, 5.74) is 0.988. The monoisotopic (exact) mass is 442 g/mol. The third-order valence-electron chi connectivity index (χ3n) is 6.76. The Bertz CT molecular complexity index is 805. The summed E-state index contributed by atoms with van der Waals surface area (Å²) >= 11 is 0. The highest BCUT2D eigenvalue weighted by Crippen LogP contribution is 2.59. The van der Waals surface area contributed by atoms with Gasteiger partial charge in [-0.15, -0.1) is 17.8 Å². The van der Waals surface area contributed by atoms with E-state index in [1.54, 1.807) is 13.0 Å². The molecule has 2 fully saturated rings. The van der Waals surface area contributed by atoms with Crippen LogP contribution in [0, 0.1) is 46.9 Å². The SMILES string of the molecule is CC#CCC(C)[C@H](O)/C=C/[C@H]1[C@H](O)C[C@]2(C#CCCCO)C/C(=C/CCCC(=O)O)C[C@H]12. The molecule has 32 heavy (non-hydrogen) atoms. The Labute approximate surface area is 192 Å². The van der Waals surface area contributed by atoms with Crippen LogP contribution in [0.25, 0.3) is 0 Å². The minimum Gasteiger partial charge on any atom is -0.481 e. The number of allylic oxidation sites excluding steroid dienone is 2. The van der Waals surface area contributed by atoms with Gasteiger partial charge in [-0.25, -0.2) is 0 Å². The summed E-state index contributed by atoms with van der Waals surface area (Å²) in [6.07, 6.45) is 10.5. The number of unbranched alkanes of at least 4 members (excludes halogenated alkanes) is 2. The average Bonchev–Trinajstić information content (AvgIpc) is 3.22. The highest BCUT2D eigenvalue weighted by molar-refractivity contribution is 5.66. The molecule has 4 N–H and O–H groups in total. The normalized spacial score (nSPS) is 29.8. The van der Waals surface area contributed by atoms with Crippen molar-refractivity contribution >= 4 is 5.97 Å². The molecule has 0 bridgehead atoms. The summed E-state index contributed by atoms with van der Waals surface area (Å²) in [7, 11) is 0. The first-order valence-electron chi connectivity index (χ1n) is 11.8. The van der Waals surface area contributed by atoms with E-state index in [-0.39, 0.29) is 36.2 Å². The first-order chi connectivity index (χ1) is 15.3. The molecule has 176 valence electrons. The van der Waals surface area contributed by atoms with E-state index >= 15 is 0 Å². The number of aliphatic hydroxyl groups is 3. The van der Waals surface area contributed by atoms with Gasteiger partial charge >= 0.3 is 5.97 Å². The lowest BCUT2D eigenvalue weighted by Crippen LogP contribution is -2.21. The lowest BCUT2D eigenvalue weighted by Gasteiger charge is -2.24. The lowest BCUT2D eigenvalue weighted by molar-refractivity contribution is -0.137. The number of hydrogen-bond donors (Lipinski definition) is 4. The van der Waals surface area contributed by atoms with Gasteiger partial charge in [0.2, 0.25) is 0 Å². The van der Waals surface area contributed by atoms with E-state index in [1.807, 2.05) is 13.0 Å². The molecule has 5 nitrogen and oxygen atoms in total. The number of rotatable bonds is 10. The Morgan fingerprint density at radius 3 is 2.78 bits per heavy atom. The maximum Gasteiger partial charge on any atom is 0.303 e. The zero-order valence-corrected chi connectivity index (χ0v) is 19.4. The molecule has 1 unspecified atom stereocenters. The molecule has 0 aromatic carbocycles. The third kappa shape index (κ3) is 7.24. The van der Waals surface area contributed by atoms with Crippen LogP contribution in [-0.4, -0.2) is 45.2 Å². The molecular formula is C27H38O5. The Morgan fingerprint density at radius 1 is 1.31 bits per heavy atom. The fourth-order valence-electron chi connectivity index (χ4n) is 4.98. The van der Waals surface area contributed by atoms with Crippen molar-refractivity contribution in [2.75, 3.05) is 6.61 Å². The molecule has 0 saturated heterocycles. The van der Waals surface area contributed by atoms with Crippen LogP contribution in [0.1, 0.15) is 71.6 Å². The van der Waals surface area contributed by atoms with Crippen molar-refractivity contribution in [1.82, 2.24) is 0 Å². The summed E-state index contributed by atoms with van der Waals surface area (Å²) < 4.78 is 0. The highest BCUT2D eigenvalue weighted by Gasteiger charge is 2.55. The van der Waals surface area contributed by atoms with Crippen molar-refractivity contribution in [1.29, 1.82) is 0 Å². The lowest BCUT2D eigenvalue weighted by atomic mass is 9.78. The van der Waals surface area contributed by atoms with Gasteiger partial charge in [-0.3, -0.25) is 4.79 Å². The molecule has 0 amide bonds. The molecule has 2 saturated carbocycles. The number of carbonyl (C=O) groups is 1. The number of carboxylic acids is 1. The topological polar surface area (TPSA) is 98.0 Å². The fraction of sp³-hybridized carbons (Fsp3) is 0.667. The van der Waals surface area contributed by atoms with Crippen LogP contribution >= 0.6 is 0 Å². The summed E-state index contributed by atoms with van der Waals surface area (Å²) in [6, 6.07) is 0. The number of carboxylic acid groups (broad SMARTS) is 1. The fourth-order valence-corrected chi connectivity index (χ4v) is 4.98. The summed E-state index contributed by atoms with van der Waals surface area (Å²) in [5, 5.41) is 39.3. The maximum absolute atomic E-state index is 10.9. The standard InChI is InChI=1S/C27H38O5/c1-3-4-10-20(2)24(29)14-13-22-23-17-21(11-6-7-12-26(31)32)18-27(23,19-25(22)30)15-8-5-9-16-28/h11,13-14,20,22-25,28-30H,5-7,9-10,12,16-19H2,1-2H3,(H,31,32)/b14-13+,21-11+/t20?,22-,23-,24-,25-,27+/m1/s1. The summed E-state index contributed by atoms with van der Waals surface area (Å²) in [5.74, 6) is 11.9. The van der Waals surface area contributed by atoms with Crippen molar-refractivity contribution in [3.8, 4) is 23.7 Å². The van der Waals surface area contributed by atoms with Gasteiger partial charge in [0, 0.05) is 37.2 Å². The number of aliphatic carboxylic acids is 1. The van der Waals surface area contributed by atoms with Crippen molar-refractivity contribution in [2.24, 2.45) is 23.2 Å². The predicted octanol–water partition coefficient (Wildman–Crippen LogP) is 3.69. The molecule has 2 aliphatic rings. The van der Waals surface area contributed by atoms with E-state index in [2.05, 4.69) is 29.8 Å². The first-order valence-corrected chi connectivity index (χ1v) is 11.8. The molecule has 0 aromatic heterocycles. The largest absolute Gasteiger partial charge is 0.481 e. The van der Waals surface area contributed by atoms with Crippen molar-refractivity contribution in [3.63, 3.8) is 0 Å². The Kier molecular flexibility index (Phi) is 10.5. The second-order valence-electron chi connectivity index (χ2n) is 9.25. The van der Waals surface area contributed by atoms with Gasteiger partial charge in [-0.05, 0) is 57.3 Å². The van der Waals surface area contributed by atoms with Crippen LogP contribution < -0.4 is 0 Å². The Morgan fingerprint density at radius 2 is 2.09 bits per heavy atom. The quantitative estimate of drug-likeness (QED) is 0.235. The second-order valence-corrected chi connectivity index (χ2v) is 9.25. The molecule has 2 rings (SSSR count). The summed E-state index contributed by atoms with van der Waals surface area (Å²) in [6.45, 7) is 3.87. The van der Waals surface area contributed by atoms with Gasteiger partial charge in [0.1, 0.15) is 0 Å². The molecule has 5 heteroatoms. The van der Waals surface area contributed by atoms with E-state index in [4.69, 9.17) is 10.2 Å². The number of aliphatic hydroxyl groups excluding tert-OH is 3. The van der Waals surface area contributed by atoms with E-state index in [9.17, 15) is 15.0 Å². The highest BCUT2D eigenvalue weighted by atomic mass is 16.4. The molecular weight excluding hydrogens is 404 g/mol. The number of fused-ring (bicyclic) bond motifs is 1. The maximum atomic E-state index is 10.9. The Hall–Kier alpha value is -2.05. The van der Waals surface area contributed by atoms with Crippen LogP contribution in [-0.2, 0) is 4.79 Å². The van der Waals surface area contributed by atoms with Gasteiger partial charge in [0.15, 0.2) is 0 Å². The van der Waals surface area contributed by atoms with Gasteiger partial charge < -0.3 is 20.4 Å². The molecule has 0 aromatic rings. The minimum atomic E-state index is -0.774. The predicted molar refractivity (Wildman–Crippen MR) is 125 cm³/mol. The molecule has 0 radical (unpaired) electrons. The third-order valence-corrected chi connectivity index (χ3v) is 6.76. The molecule has 0 heterocycles. The molecule has 6 atom stereocenters. The van der Waals surface area contributed by atoms with Crippen LogP contribution in [0.3, 0.4) is 0 Å². The van der Waals surface area contributed by atoms with Gasteiger partial charge in [0.05, 0.1) is 12.2 Å². The number of hydrogen-bond acceptors (Lipinski definition) is 4. The van der Waals surface area contributed by atoms with E-state index in [0.29, 0.717) is 32.1 Å². The van der Waals surface area contributed by atoms with Gasteiger partial charge in [0.25, 0.3) is 0 Å². The molecule has 2 aliphatic carbocycles. The van der Waals surface area contributed by atoms with Crippen LogP contribution in [0.4, 0.5) is 0 Å². The van der Waals surface area contributed by atoms with Crippen molar-refractivity contribution in [2.45, 2.75) is 83.8 Å².